The van der Waals surface area contributed by atoms with E-state index in [4.69, 9.17) is 0 Å². The highest BCUT2D eigenvalue weighted by atomic mass is 16.3. The number of aliphatic hydroxyl groups is 1. The molecule has 102 valence electrons. The highest BCUT2D eigenvalue weighted by molar-refractivity contribution is 5.35. The number of hydrogen-bond donors (Lipinski definition) is 1. The van der Waals surface area contributed by atoms with Gasteiger partial charge in [0.1, 0.15) is 0 Å². The molecule has 5 atom stereocenters. The van der Waals surface area contributed by atoms with Crippen LogP contribution < -0.4 is 0 Å². The van der Waals surface area contributed by atoms with Gasteiger partial charge in [0.05, 0.1) is 6.10 Å². The summed E-state index contributed by atoms with van der Waals surface area (Å²) in [4.78, 5) is 0. The van der Waals surface area contributed by atoms with E-state index in [0.717, 1.165) is 18.3 Å². The van der Waals surface area contributed by atoms with Crippen molar-refractivity contribution in [1.29, 1.82) is 0 Å². The minimum atomic E-state index is -0.0904. The molecule has 0 amide bonds. The molecule has 0 aromatic heterocycles. The fourth-order valence-corrected chi connectivity index (χ4v) is 5.51. The SMILES string of the molecule is C[C@@]12CCC[C@H]1[C@@H]1CCc3ccccc3[C@H]1C[C@H]2O. The van der Waals surface area contributed by atoms with E-state index in [1.807, 2.05) is 0 Å². The third-order valence-electron chi connectivity index (χ3n) is 6.55. The van der Waals surface area contributed by atoms with Crippen LogP contribution in [0.5, 0.6) is 0 Å². The Morgan fingerprint density at radius 1 is 1.21 bits per heavy atom. The number of aliphatic hydroxyl groups excluding tert-OH is 1. The molecule has 4 rings (SSSR count). The average molecular weight is 256 g/mol. The van der Waals surface area contributed by atoms with Gasteiger partial charge in [-0.05, 0) is 66.4 Å². The topological polar surface area (TPSA) is 20.2 Å². The van der Waals surface area contributed by atoms with Crippen molar-refractivity contribution in [3.8, 4) is 0 Å². The Hall–Kier alpha value is -0.820. The van der Waals surface area contributed by atoms with Gasteiger partial charge < -0.3 is 5.11 Å². The first-order valence-corrected chi connectivity index (χ1v) is 7.96. The predicted octanol–water partition coefficient (Wildman–Crippen LogP) is 3.90. The Balaban J connectivity index is 1.76. The predicted molar refractivity (Wildman–Crippen MR) is 77.1 cm³/mol. The van der Waals surface area contributed by atoms with Crippen LogP contribution in [0.25, 0.3) is 0 Å². The summed E-state index contributed by atoms with van der Waals surface area (Å²) in [6.45, 7) is 2.35. The maximum absolute atomic E-state index is 10.7. The first-order valence-electron chi connectivity index (χ1n) is 7.96. The Morgan fingerprint density at radius 3 is 2.95 bits per heavy atom. The minimum absolute atomic E-state index is 0.0904. The lowest BCUT2D eigenvalue weighted by molar-refractivity contribution is -0.0659. The van der Waals surface area contributed by atoms with Gasteiger partial charge in [0.15, 0.2) is 0 Å². The van der Waals surface area contributed by atoms with Gasteiger partial charge >= 0.3 is 0 Å². The average Bonchev–Trinajstić information content (AvgIpc) is 2.83. The van der Waals surface area contributed by atoms with Gasteiger partial charge in [-0.3, -0.25) is 0 Å². The van der Waals surface area contributed by atoms with Gasteiger partial charge in [0, 0.05) is 0 Å². The molecule has 2 fully saturated rings. The normalized spacial score (nSPS) is 44.3. The zero-order chi connectivity index (χ0) is 13.0. The molecule has 0 aliphatic heterocycles. The van der Waals surface area contributed by atoms with Gasteiger partial charge in [-0.1, -0.05) is 37.6 Å². The monoisotopic (exact) mass is 256 g/mol. The summed E-state index contributed by atoms with van der Waals surface area (Å²) in [7, 11) is 0. The molecule has 1 heteroatoms. The maximum Gasteiger partial charge on any atom is 0.0602 e. The molecule has 0 saturated heterocycles. The molecule has 0 heterocycles. The molecule has 1 nitrogen and oxygen atoms in total. The van der Waals surface area contributed by atoms with Crippen molar-refractivity contribution < 1.29 is 5.11 Å². The fourth-order valence-electron chi connectivity index (χ4n) is 5.51. The highest BCUT2D eigenvalue weighted by Crippen LogP contribution is 2.60. The van der Waals surface area contributed by atoms with Crippen molar-refractivity contribution in [2.75, 3.05) is 0 Å². The second-order valence-corrected chi connectivity index (χ2v) is 7.26. The minimum Gasteiger partial charge on any atom is -0.393 e. The summed E-state index contributed by atoms with van der Waals surface area (Å²) in [6.07, 6.45) is 7.40. The van der Waals surface area contributed by atoms with E-state index in [-0.39, 0.29) is 11.5 Å². The van der Waals surface area contributed by atoms with Crippen molar-refractivity contribution in [1.82, 2.24) is 0 Å². The van der Waals surface area contributed by atoms with Crippen LogP contribution in [-0.4, -0.2) is 11.2 Å². The Kier molecular flexibility index (Phi) is 2.57. The van der Waals surface area contributed by atoms with Crippen LogP contribution in [0.1, 0.15) is 56.1 Å². The molecule has 1 N–H and O–H groups in total. The summed E-state index contributed by atoms with van der Waals surface area (Å²) in [5.74, 6) is 2.21. The largest absolute Gasteiger partial charge is 0.393 e. The van der Waals surface area contributed by atoms with E-state index in [1.54, 1.807) is 5.56 Å². The van der Waals surface area contributed by atoms with Gasteiger partial charge in [0.2, 0.25) is 0 Å². The maximum atomic E-state index is 10.7. The molecule has 1 aromatic rings. The van der Waals surface area contributed by atoms with Crippen molar-refractivity contribution in [2.45, 2.75) is 57.5 Å². The van der Waals surface area contributed by atoms with Gasteiger partial charge in [-0.15, -0.1) is 0 Å². The quantitative estimate of drug-likeness (QED) is 0.746. The van der Waals surface area contributed by atoms with Crippen LogP contribution in [0.2, 0.25) is 0 Å². The lowest BCUT2D eigenvalue weighted by Gasteiger charge is -2.51. The zero-order valence-corrected chi connectivity index (χ0v) is 11.8. The number of benzene rings is 1. The molecular formula is C18H24O. The van der Waals surface area contributed by atoms with E-state index in [2.05, 4.69) is 31.2 Å². The molecule has 0 radical (unpaired) electrons. The Bertz CT molecular complexity index is 494. The van der Waals surface area contributed by atoms with Crippen molar-refractivity contribution in [3.05, 3.63) is 35.4 Å². The summed E-state index contributed by atoms with van der Waals surface area (Å²) in [5.41, 5.74) is 3.30. The van der Waals surface area contributed by atoms with Crippen LogP contribution in [0.4, 0.5) is 0 Å². The van der Waals surface area contributed by atoms with Crippen molar-refractivity contribution in [2.24, 2.45) is 17.3 Å². The molecule has 3 aliphatic carbocycles. The summed E-state index contributed by atoms with van der Waals surface area (Å²) < 4.78 is 0. The lowest BCUT2D eigenvalue weighted by atomic mass is 9.54. The molecule has 0 unspecified atom stereocenters. The standard InChI is InChI=1S/C18H24O/c1-18-10-4-7-16(18)14-9-8-12-5-2-3-6-13(12)15(14)11-17(18)19/h2-3,5-6,14-17,19H,4,7-11H2,1H3/t14-,15-,16+,17-,18-/m1/s1. The van der Waals surface area contributed by atoms with Crippen molar-refractivity contribution in [3.63, 3.8) is 0 Å². The highest BCUT2D eigenvalue weighted by Gasteiger charge is 2.54. The molecular weight excluding hydrogens is 232 g/mol. The second kappa shape index (κ2) is 4.09. The van der Waals surface area contributed by atoms with Crippen LogP contribution in [0.3, 0.4) is 0 Å². The first kappa shape index (κ1) is 12.0. The smallest absolute Gasteiger partial charge is 0.0602 e. The summed E-state index contributed by atoms with van der Waals surface area (Å²) in [6, 6.07) is 8.95. The second-order valence-electron chi connectivity index (χ2n) is 7.26. The molecule has 3 aliphatic rings. The van der Waals surface area contributed by atoms with Gasteiger partial charge in [0.25, 0.3) is 0 Å². The molecule has 0 spiro atoms. The van der Waals surface area contributed by atoms with Crippen LogP contribution in [-0.2, 0) is 6.42 Å². The zero-order valence-electron chi connectivity index (χ0n) is 11.8. The van der Waals surface area contributed by atoms with Crippen LogP contribution in [0, 0.1) is 17.3 Å². The van der Waals surface area contributed by atoms with Gasteiger partial charge in [-0.2, -0.15) is 0 Å². The molecule has 0 bridgehead atoms. The van der Waals surface area contributed by atoms with Crippen LogP contribution in [0.15, 0.2) is 24.3 Å². The fraction of sp³-hybridized carbons (Fsp3) is 0.667. The number of aryl methyl sites for hydroxylation is 1. The molecule has 2 saturated carbocycles. The lowest BCUT2D eigenvalue weighted by Crippen LogP contribution is -2.48. The Labute approximate surface area is 116 Å². The third-order valence-corrected chi connectivity index (χ3v) is 6.55. The van der Waals surface area contributed by atoms with Crippen LogP contribution >= 0.6 is 0 Å². The van der Waals surface area contributed by atoms with E-state index in [1.165, 1.54) is 37.7 Å². The van der Waals surface area contributed by atoms with E-state index in [9.17, 15) is 5.11 Å². The Morgan fingerprint density at radius 2 is 2.05 bits per heavy atom. The number of hydrogen-bond acceptors (Lipinski definition) is 1. The third kappa shape index (κ3) is 1.57. The van der Waals surface area contributed by atoms with E-state index >= 15 is 0 Å². The molecule has 19 heavy (non-hydrogen) atoms. The van der Waals surface area contributed by atoms with E-state index < -0.39 is 0 Å². The number of rotatable bonds is 0. The first-order chi connectivity index (χ1) is 9.20. The van der Waals surface area contributed by atoms with Gasteiger partial charge in [-0.25, -0.2) is 0 Å². The van der Waals surface area contributed by atoms with Crippen molar-refractivity contribution >= 4 is 0 Å². The summed E-state index contributed by atoms with van der Waals surface area (Å²) in [5, 5.41) is 10.7. The molecule has 1 aromatic carbocycles. The summed E-state index contributed by atoms with van der Waals surface area (Å²) >= 11 is 0. The van der Waals surface area contributed by atoms with E-state index in [0.29, 0.717) is 5.92 Å². The number of fused-ring (bicyclic) bond motifs is 5.